The Kier molecular flexibility index (Phi) is 6.74. The highest BCUT2D eigenvalue weighted by molar-refractivity contribution is 8.26. The zero-order chi connectivity index (χ0) is 25.6. The molecule has 36 heavy (non-hydrogen) atoms. The zero-order valence-corrected chi connectivity index (χ0v) is 22.6. The molecule has 8 heteroatoms. The van der Waals surface area contributed by atoms with E-state index in [4.69, 9.17) is 17.2 Å². The van der Waals surface area contributed by atoms with Gasteiger partial charge in [0.25, 0.3) is 11.5 Å². The van der Waals surface area contributed by atoms with Gasteiger partial charge in [-0.3, -0.25) is 18.9 Å². The average Bonchev–Trinajstić information content (AvgIpc) is 3.13. The normalized spacial score (nSPS) is 22.6. The van der Waals surface area contributed by atoms with Crippen molar-refractivity contribution in [3.05, 3.63) is 80.6 Å². The number of aryl methyl sites for hydroxylation is 1. The van der Waals surface area contributed by atoms with Crippen molar-refractivity contribution in [2.75, 3.05) is 18.0 Å². The van der Waals surface area contributed by atoms with Crippen molar-refractivity contribution in [2.24, 2.45) is 11.8 Å². The predicted molar refractivity (Wildman–Crippen MR) is 151 cm³/mol. The van der Waals surface area contributed by atoms with Gasteiger partial charge in [-0.15, -0.1) is 0 Å². The van der Waals surface area contributed by atoms with E-state index in [0.29, 0.717) is 38.1 Å². The molecule has 2 aliphatic heterocycles. The molecule has 2 fully saturated rings. The van der Waals surface area contributed by atoms with E-state index < -0.39 is 0 Å². The largest absolute Gasteiger partial charge is 0.355 e. The molecule has 2 aliphatic rings. The van der Waals surface area contributed by atoms with Crippen LogP contribution in [0.2, 0.25) is 0 Å². The summed E-state index contributed by atoms with van der Waals surface area (Å²) in [5, 5.41) is 0. The topological polar surface area (TPSA) is 57.9 Å². The number of nitrogens with zero attached hydrogens (tertiary/aromatic N) is 4. The third-order valence-electron chi connectivity index (χ3n) is 6.92. The third-order valence-corrected chi connectivity index (χ3v) is 8.25. The summed E-state index contributed by atoms with van der Waals surface area (Å²) in [6, 6.07) is 13.5. The number of amides is 1. The van der Waals surface area contributed by atoms with E-state index in [1.807, 2.05) is 56.3 Å². The number of carbonyl (C=O) groups excluding carboxylic acids is 1. The second-order valence-electron chi connectivity index (χ2n) is 10.1. The molecule has 6 nitrogen and oxygen atoms in total. The molecule has 3 aromatic rings. The molecule has 0 spiro atoms. The first-order valence-electron chi connectivity index (χ1n) is 12.3. The Bertz CT molecular complexity index is 1420. The summed E-state index contributed by atoms with van der Waals surface area (Å²) in [5.74, 6) is 1.44. The molecule has 5 rings (SSSR count). The van der Waals surface area contributed by atoms with E-state index in [9.17, 15) is 9.59 Å². The summed E-state index contributed by atoms with van der Waals surface area (Å²) in [5.41, 5.74) is 2.84. The van der Waals surface area contributed by atoms with Crippen LogP contribution in [0.15, 0.2) is 58.4 Å². The van der Waals surface area contributed by atoms with Gasteiger partial charge in [-0.05, 0) is 55.4 Å². The van der Waals surface area contributed by atoms with Gasteiger partial charge in [-0.25, -0.2) is 4.98 Å². The summed E-state index contributed by atoms with van der Waals surface area (Å²) in [4.78, 5) is 36.6. The highest BCUT2D eigenvalue weighted by Gasteiger charge is 2.37. The van der Waals surface area contributed by atoms with Crippen molar-refractivity contribution in [1.29, 1.82) is 0 Å². The minimum absolute atomic E-state index is 0.175. The number of hydrogen-bond donors (Lipinski definition) is 0. The molecule has 0 unspecified atom stereocenters. The monoisotopic (exact) mass is 518 g/mol. The second kappa shape index (κ2) is 9.82. The van der Waals surface area contributed by atoms with Gasteiger partial charge in [-0.2, -0.15) is 0 Å². The van der Waals surface area contributed by atoms with Gasteiger partial charge < -0.3 is 4.90 Å². The molecule has 1 amide bonds. The van der Waals surface area contributed by atoms with E-state index >= 15 is 0 Å². The van der Waals surface area contributed by atoms with Crippen LogP contribution in [-0.4, -0.2) is 37.6 Å². The Morgan fingerprint density at radius 3 is 2.47 bits per heavy atom. The standard InChI is InChI=1S/C28H30N4O2S2/c1-17-10-11-24-29-25(30-14-18(2)12-19(3)15-30)22(26(33)31(24)16-17)13-23-27(34)32(28(35)36-23)20(4)21-8-6-5-7-9-21/h5-11,13,16,18-20H,12,14-15H2,1-4H3/b23-13-/t18-,19+,20-/m1/s1. The molecule has 2 saturated heterocycles. The summed E-state index contributed by atoms with van der Waals surface area (Å²) in [7, 11) is 0. The van der Waals surface area contributed by atoms with E-state index in [0.717, 1.165) is 30.6 Å². The Balaban J connectivity index is 1.61. The van der Waals surface area contributed by atoms with Gasteiger partial charge in [0.05, 0.1) is 16.5 Å². The minimum atomic E-state index is -0.202. The molecular formula is C28H30N4O2S2. The number of thiocarbonyl (C=S) groups is 1. The van der Waals surface area contributed by atoms with Crippen molar-refractivity contribution in [2.45, 2.75) is 40.2 Å². The maximum atomic E-state index is 13.8. The molecule has 3 atom stereocenters. The lowest BCUT2D eigenvalue weighted by Crippen LogP contribution is -2.40. The number of pyridine rings is 1. The van der Waals surface area contributed by atoms with Gasteiger partial charge in [-0.1, -0.05) is 74.2 Å². The molecule has 2 aromatic heterocycles. The maximum Gasteiger partial charge on any atom is 0.267 e. The molecule has 4 heterocycles. The number of fused-ring (bicyclic) bond motifs is 1. The number of anilines is 1. The molecule has 0 aliphatic carbocycles. The fraction of sp³-hybridized carbons (Fsp3) is 0.357. The summed E-state index contributed by atoms with van der Waals surface area (Å²) in [6.45, 7) is 10.0. The molecule has 1 aromatic carbocycles. The van der Waals surface area contributed by atoms with Crippen molar-refractivity contribution < 1.29 is 4.79 Å². The van der Waals surface area contributed by atoms with E-state index in [-0.39, 0.29) is 17.5 Å². The van der Waals surface area contributed by atoms with Gasteiger partial charge in [0.15, 0.2) is 0 Å². The van der Waals surface area contributed by atoms with Crippen molar-refractivity contribution in [3.63, 3.8) is 0 Å². The molecule has 186 valence electrons. The molecule has 0 radical (unpaired) electrons. The van der Waals surface area contributed by atoms with Crippen LogP contribution < -0.4 is 10.5 Å². The lowest BCUT2D eigenvalue weighted by atomic mass is 9.91. The first-order chi connectivity index (χ1) is 17.2. The highest BCUT2D eigenvalue weighted by Crippen LogP contribution is 2.39. The van der Waals surface area contributed by atoms with Crippen molar-refractivity contribution >= 4 is 51.7 Å². The van der Waals surface area contributed by atoms with Crippen LogP contribution >= 0.6 is 24.0 Å². The summed E-state index contributed by atoms with van der Waals surface area (Å²) >= 11 is 6.87. The number of benzene rings is 1. The van der Waals surface area contributed by atoms with E-state index in [2.05, 4.69) is 18.7 Å². The van der Waals surface area contributed by atoms with E-state index in [1.165, 1.54) is 11.8 Å². The lowest BCUT2D eigenvalue weighted by Gasteiger charge is -2.36. The Morgan fingerprint density at radius 2 is 1.78 bits per heavy atom. The molecule has 0 saturated carbocycles. The van der Waals surface area contributed by atoms with Gasteiger partial charge in [0, 0.05) is 19.3 Å². The molecular weight excluding hydrogens is 488 g/mol. The second-order valence-corrected chi connectivity index (χ2v) is 11.8. The number of piperidine rings is 1. The van der Waals surface area contributed by atoms with Gasteiger partial charge in [0.2, 0.25) is 0 Å². The number of carbonyl (C=O) groups is 1. The SMILES string of the molecule is Cc1ccc2nc(N3C[C@H](C)C[C@H](C)C3)c(/C=C3\SC(=S)N([C@H](C)c4ccccc4)C3=O)c(=O)n2c1. The highest BCUT2D eigenvalue weighted by atomic mass is 32.2. The van der Waals surface area contributed by atoms with Crippen LogP contribution in [0.3, 0.4) is 0 Å². The first-order valence-corrected chi connectivity index (χ1v) is 13.6. The van der Waals surface area contributed by atoms with Crippen LogP contribution in [0.5, 0.6) is 0 Å². The van der Waals surface area contributed by atoms with Crippen molar-refractivity contribution in [1.82, 2.24) is 14.3 Å². The van der Waals surface area contributed by atoms with Crippen molar-refractivity contribution in [3.8, 4) is 0 Å². The van der Waals surface area contributed by atoms with Gasteiger partial charge >= 0.3 is 0 Å². The number of thioether (sulfide) groups is 1. The minimum Gasteiger partial charge on any atom is -0.355 e. The van der Waals surface area contributed by atoms with Crippen LogP contribution in [0.4, 0.5) is 5.82 Å². The summed E-state index contributed by atoms with van der Waals surface area (Å²) < 4.78 is 2.07. The predicted octanol–water partition coefficient (Wildman–Crippen LogP) is 5.45. The molecule has 0 N–H and O–H groups in total. The first kappa shape index (κ1) is 24.7. The van der Waals surface area contributed by atoms with Gasteiger partial charge in [0.1, 0.15) is 15.8 Å². The third kappa shape index (κ3) is 4.60. The number of hydrogen-bond acceptors (Lipinski definition) is 6. The van der Waals surface area contributed by atoms with E-state index in [1.54, 1.807) is 21.6 Å². The quantitative estimate of drug-likeness (QED) is 0.338. The average molecular weight is 519 g/mol. The lowest BCUT2D eigenvalue weighted by molar-refractivity contribution is -0.123. The smallest absolute Gasteiger partial charge is 0.267 e. The van der Waals surface area contributed by atoms with Crippen LogP contribution in [0.1, 0.15) is 49.9 Å². The zero-order valence-electron chi connectivity index (χ0n) is 21.0. The van der Waals surface area contributed by atoms with Crippen LogP contribution in [-0.2, 0) is 4.79 Å². The number of rotatable bonds is 4. The fourth-order valence-electron chi connectivity index (χ4n) is 5.28. The summed E-state index contributed by atoms with van der Waals surface area (Å²) in [6.07, 6.45) is 4.66. The fourth-order valence-corrected chi connectivity index (χ4v) is 6.68. The molecule has 0 bridgehead atoms. The van der Waals surface area contributed by atoms with Crippen LogP contribution in [0.25, 0.3) is 11.7 Å². The Morgan fingerprint density at radius 1 is 1.08 bits per heavy atom. The van der Waals surface area contributed by atoms with Crippen LogP contribution in [0, 0.1) is 18.8 Å². The number of aromatic nitrogens is 2. The Hall–Kier alpha value is -2.97. The maximum absolute atomic E-state index is 13.8. The Labute approximate surface area is 221 Å².